The lowest BCUT2D eigenvalue weighted by atomic mass is 10.2. The number of fused-ring (bicyclic) bond motifs is 6. The van der Waals surface area contributed by atoms with Crippen LogP contribution in [0.5, 0.6) is 23.0 Å². The zero-order valence-electron chi connectivity index (χ0n) is 55.8. The fourth-order valence-electron chi connectivity index (χ4n) is 10.4. The predicted molar refractivity (Wildman–Crippen MR) is 363 cm³/mol. The number of halogens is 2. The van der Waals surface area contributed by atoms with Crippen molar-refractivity contribution in [2.75, 3.05) is 48.1 Å². The van der Waals surface area contributed by atoms with E-state index in [1.807, 2.05) is 90.1 Å². The third-order valence-electron chi connectivity index (χ3n) is 15.6. The molecule has 94 heavy (non-hydrogen) atoms. The summed E-state index contributed by atoms with van der Waals surface area (Å²) in [7, 11) is -11.8. The molecule has 0 aliphatic carbocycles. The summed E-state index contributed by atoms with van der Waals surface area (Å²) in [5.41, 5.74) is 3.07. The molecule has 22 nitrogen and oxygen atoms in total. The molecule has 6 atom stereocenters. The fraction of sp³-hybridized carbons (Fsp3) is 0.455. The van der Waals surface area contributed by atoms with Crippen LogP contribution in [-0.4, -0.2) is 145 Å². The third kappa shape index (κ3) is 17.2. The zero-order chi connectivity index (χ0) is 67.9. The van der Waals surface area contributed by atoms with E-state index in [1.54, 1.807) is 72.0 Å². The van der Waals surface area contributed by atoms with Gasteiger partial charge in [0.15, 0.2) is 23.3 Å². The highest BCUT2D eigenvalue weighted by molar-refractivity contribution is 7.93. The molecule has 0 radical (unpaired) electrons. The van der Waals surface area contributed by atoms with E-state index in [9.17, 15) is 25.6 Å². The zero-order valence-corrected chi connectivity index (χ0v) is 59.5. The number of para-hydroxylation sites is 2. The van der Waals surface area contributed by atoms with E-state index in [0.717, 1.165) is 11.1 Å². The molecule has 4 aromatic heterocycles. The summed E-state index contributed by atoms with van der Waals surface area (Å²) >= 11 is 0. The lowest BCUT2D eigenvalue weighted by Gasteiger charge is -2.33. The number of hydrogen-bond acceptors (Lipinski definition) is 18. The van der Waals surface area contributed by atoms with E-state index < -0.39 is 71.0 Å². The molecule has 0 saturated heterocycles. The minimum Gasteiger partial charge on any atom is -0.491 e. The van der Waals surface area contributed by atoms with E-state index >= 15 is 0 Å². The quantitative estimate of drug-likeness (QED) is 0.0457. The Bertz CT molecular complexity index is 3790. The highest BCUT2D eigenvalue weighted by atomic mass is 32.2. The van der Waals surface area contributed by atoms with Crippen LogP contribution in [0.1, 0.15) is 88.6 Å². The second-order valence-electron chi connectivity index (χ2n) is 26.6. The second-order valence-corrected chi connectivity index (χ2v) is 42.2. The maximum absolute atomic E-state index is 14.9. The van der Waals surface area contributed by atoms with Crippen LogP contribution in [-0.2, 0) is 29.5 Å². The first-order chi connectivity index (χ1) is 44.5. The number of sulfonamides is 2. The molecule has 2 aliphatic heterocycles. The number of nitrogens with zero attached hydrogens (tertiary/aromatic N) is 12. The highest BCUT2D eigenvalue weighted by Crippen LogP contribution is 2.42. The Morgan fingerprint density at radius 3 is 1.19 bits per heavy atom. The molecule has 28 heteroatoms. The van der Waals surface area contributed by atoms with Crippen molar-refractivity contribution in [3.05, 3.63) is 156 Å². The van der Waals surface area contributed by atoms with Gasteiger partial charge < -0.3 is 28.4 Å². The number of anilines is 2. The highest BCUT2D eigenvalue weighted by Gasteiger charge is 2.45. The van der Waals surface area contributed by atoms with Crippen molar-refractivity contribution in [2.45, 2.75) is 154 Å². The topological polar surface area (TPSA) is 243 Å². The van der Waals surface area contributed by atoms with E-state index in [2.05, 4.69) is 79.6 Å². The lowest BCUT2D eigenvalue weighted by Crippen LogP contribution is -2.45. The Balaban J connectivity index is 0.000000221. The normalized spacial score (nSPS) is 16.1. The average Bonchev–Trinajstić information content (AvgIpc) is 1.50. The van der Waals surface area contributed by atoms with Gasteiger partial charge in [0, 0.05) is 54.0 Å². The van der Waals surface area contributed by atoms with Crippen LogP contribution in [0.25, 0.3) is 22.8 Å². The van der Waals surface area contributed by atoms with Crippen LogP contribution < -0.4 is 27.6 Å². The number of aryl methyl sites for hydroxylation is 2. The Morgan fingerprint density at radius 2 is 0.862 bits per heavy atom. The Kier molecular flexibility index (Phi) is 22.4. The Labute approximate surface area is 552 Å². The van der Waals surface area contributed by atoms with Gasteiger partial charge in [0.25, 0.3) is 0 Å². The van der Waals surface area contributed by atoms with Crippen molar-refractivity contribution in [2.24, 2.45) is 0 Å². The third-order valence-corrected chi connectivity index (χ3v) is 23.4. The number of aromatic nitrogens is 10. The summed E-state index contributed by atoms with van der Waals surface area (Å²) < 4.78 is 130. The van der Waals surface area contributed by atoms with E-state index in [0.29, 0.717) is 69.5 Å². The SMILES string of the molecule is Cc1cnc([C@H](OC(C)C)[C@H](C)S(=O)(=O)N(CC[Si](C)(C)C)c2nnc3n2[C@@H](COc2ccc(F)cc2)COc2ccccc2-3)nc1.Cc1cnc([C@H](OC(C)C)[C@H](C)S(=O)(=O)N(CC[Si](C)(C)C)c2nnc3n2[C@H](COc2ccc(F)cc2)COc2ccccc2-3)nc1. The summed E-state index contributed by atoms with van der Waals surface area (Å²) in [4.78, 5) is 17.8. The van der Waals surface area contributed by atoms with Gasteiger partial charge >= 0.3 is 0 Å². The number of ether oxygens (including phenoxy) is 6. The van der Waals surface area contributed by atoms with Crippen molar-refractivity contribution >= 4 is 48.1 Å². The van der Waals surface area contributed by atoms with Gasteiger partial charge in [-0.1, -0.05) is 63.5 Å². The summed E-state index contributed by atoms with van der Waals surface area (Å²) in [5, 5.41) is 16.0. The average molecular weight is 1370 g/mol. The minimum atomic E-state index is -4.16. The molecule has 8 aromatic rings. The summed E-state index contributed by atoms with van der Waals surface area (Å²) in [6, 6.07) is 26.6. The summed E-state index contributed by atoms with van der Waals surface area (Å²) in [6.07, 6.45) is 4.16. The smallest absolute Gasteiger partial charge is 0.243 e. The molecule has 4 aromatic carbocycles. The Hall–Kier alpha value is -7.77. The molecule has 2 aliphatic rings. The molecule has 0 bridgehead atoms. The molecule has 504 valence electrons. The largest absolute Gasteiger partial charge is 0.491 e. The van der Waals surface area contributed by atoms with Crippen LogP contribution in [0.3, 0.4) is 0 Å². The molecule has 0 fully saturated rings. The first kappa shape index (κ1) is 70.5. The van der Waals surface area contributed by atoms with Gasteiger partial charge in [-0.15, -0.1) is 20.4 Å². The molecule has 10 rings (SSSR count). The number of hydrogen-bond donors (Lipinski definition) is 0. The monoisotopic (exact) mass is 1360 g/mol. The fourth-order valence-corrected chi connectivity index (χ4v) is 15.7. The molecule has 0 unspecified atom stereocenters. The first-order valence-corrected chi connectivity index (χ1v) is 41.9. The van der Waals surface area contributed by atoms with E-state index in [4.69, 9.17) is 28.4 Å². The predicted octanol–water partition coefficient (Wildman–Crippen LogP) is 12.4. The molecular weight excluding hydrogens is 1280 g/mol. The van der Waals surface area contributed by atoms with Gasteiger partial charge in [0.1, 0.15) is 95.9 Å². The van der Waals surface area contributed by atoms with Gasteiger partial charge in [-0.3, -0.25) is 9.13 Å². The molecular formula is C66H86F2N12O10S2Si2. The van der Waals surface area contributed by atoms with Gasteiger partial charge in [-0.2, -0.15) is 0 Å². The molecule has 6 heterocycles. The Morgan fingerprint density at radius 1 is 0.521 bits per heavy atom. The van der Waals surface area contributed by atoms with E-state index in [-0.39, 0.29) is 75.3 Å². The minimum absolute atomic E-state index is 0.0887. The van der Waals surface area contributed by atoms with Crippen molar-refractivity contribution in [3.63, 3.8) is 0 Å². The number of benzene rings is 4. The van der Waals surface area contributed by atoms with Gasteiger partial charge in [0.2, 0.25) is 31.9 Å². The van der Waals surface area contributed by atoms with Crippen LogP contribution in [0, 0.1) is 25.5 Å². The lowest BCUT2D eigenvalue weighted by molar-refractivity contribution is 0.00119. The maximum Gasteiger partial charge on any atom is 0.243 e. The van der Waals surface area contributed by atoms with Gasteiger partial charge in [0.05, 0.1) is 23.3 Å². The van der Waals surface area contributed by atoms with Crippen molar-refractivity contribution in [1.82, 2.24) is 49.5 Å². The summed E-state index contributed by atoms with van der Waals surface area (Å²) in [6.45, 7) is 28.4. The van der Waals surface area contributed by atoms with Crippen LogP contribution in [0.4, 0.5) is 20.7 Å². The van der Waals surface area contributed by atoms with Crippen molar-refractivity contribution in [3.8, 4) is 45.8 Å². The molecule has 0 N–H and O–H groups in total. The molecule has 0 saturated carbocycles. The standard InChI is InChI=1S/2C33H43FN6O5SSi/c2*1-22(2)45-30(31-35-18-23(3)19-36-31)24(4)46(41,42)39(16-17-47(5,6)7)33-38-37-32-28-10-8-9-11-29(28)44-21-26(40(32)33)20-43-27-14-12-25(34)13-15-27/h2*8-15,18-19,22,24,26,30H,16-17,20-21H2,1-7H3/t24-,26+,30+;24-,26-,30+/m00/s1. The second kappa shape index (κ2) is 29.9. The molecule has 0 amide bonds. The first-order valence-electron chi connectivity index (χ1n) is 31.5. The van der Waals surface area contributed by atoms with Crippen molar-refractivity contribution < 1.29 is 54.0 Å². The van der Waals surface area contributed by atoms with Crippen LogP contribution in [0.15, 0.2) is 122 Å². The van der Waals surface area contributed by atoms with E-state index in [1.165, 1.54) is 32.9 Å². The van der Waals surface area contributed by atoms with Crippen LogP contribution in [0.2, 0.25) is 51.4 Å². The van der Waals surface area contributed by atoms with Gasteiger partial charge in [-0.25, -0.2) is 54.2 Å². The summed E-state index contributed by atoms with van der Waals surface area (Å²) in [5.74, 6) is 3.20. The molecule has 0 spiro atoms. The van der Waals surface area contributed by atoms with Gasteiger partial charge in [-0.05, 0) is 151 Å². The van der Waals surface area contributed by atoms with Crippen molar-refractivity contribution in [1.29, 1.82) is 0 Å². The number of rotatable bonds is 26. The van der Waals surface area contributed by atoms with Crippen LogP contribution >= 0.6 is 0 Å². The maximum atomic E-state index is 14.9.